The lowest BCUT2D eigenvalue weighted by Crippen LogP contribution is -2.12. The average molecular weight is 253 g/mol. The van der Waals surface area contributed by atoms with Crippen molar-refractivity contribution in [1.29, 1.82) is 0 Å². The molecule has 5 nitrogen and oxygen atoms in total. The first kappa shape index (κ1) is 11.4. The van der Waals surface area contributed by atoms with Gasteiger partial charge in [0, 0.05) is 0 Å². The van der Waals surface area contributed by atoms with Gasteiger partial charge in [-0.15, -0.1) is 0 Å². The summed E-state index contributed by atoms with van der Waals surface area (Å²) >= 11 is 0. The number of benzene rings is 2. The van der Waals surface area contributed by atoms with Gasteiger partial charge in [-0.05, 0) is 36.8 Å². The van der Waals surface area contributed by atoms with Gasteiger partial charge in [-0.1, -0.05) is 6.07 Å². The van der Waals surface area contributed by atoms with Crippen LogP contribution in [0.3, 0.4) is 0 Å². The van der Waals surface area contributed by atoms with Gasteiger partial charge in [0.15, 0.2) is 0 Å². The molecule has 0 saturated carbocycles. The Hall–Kier alpha value is -2.69. The number of aryl methyl sites for hydroxylation is 1. The number of amides is 1. The Labute approximate surface area is 108 Å². The lowest BCUT2D eigenvalue weighted by Gasteiger charge is -2.06. The Morgan fingerprint density at radius 2 is 1.84 bits per heavy atom. The summed E-state index contributed by atoms with van der Waals surface area (Å²) < 4.78 is 0. The lowest BCUT2D eigenvalue weighted by molar-refractivity contribution is 0.0999. The highest BCUT2D eigenvalue weighted by atomic mass is 16.3. The molecule has 5 heteroatoms. The Kier molecular flexibility index (Phi) is 2.35. The first-order chi connectivity index (χ1) is 9.06. The molecule has 3 rings (SSSR count). The lowest BCUT2D eigenvalue weighted by atomic mass is 10.1. The third-order valence-corrected chi connectivity index (χ3v) is 2.99. The molecule has 94 valence electrons. The maximum atomic E-state index is 11.4. The molecule has 2 aromatic carbocycles. The van der Waals surface area contributed by atoms with Crippen LogP contribution in [0.15, 0.2) is 30.3 Å². The third-order valence-electron chi connectivity index (χ3n) is 2.99. The topological polar surface area (TPSA) is 89.1 Å². The Morgan fingerprint density at radius 3 is 2.58 bits per heavy atom. The van der Waals surface area contributed by atoms with Crippen molar-refractivity contribution in [2.45, 2.75) is 6.92 Å². The second kappa shape index (κ2) is 3.91. The first-order valence-electron chi connectivity index (χ1n) is 5.76. The number of nitrogens with two attached hydrogens (primary N) is 1. The van der Waals surface area contributed by atoms with Crippen LogP contribution in [-0.4, -0.2) is 21.0 Å². The predicted molar refractivity (Wildman–Crippen MR) is 72.0 cm³/mol. The normalized spacial score (nSPS) is 11.0. The zero-order valence-electron chi connectivity index (χ0n) is 10.2. The molecule has 3 aromatic rings. The monoisotopic (exact) mass is 253 g/mol. The van der Waals surface area contributed by atoms with Gasteiger partial charge in [0.05, 0.1) is 16.6 Å². The average Bonchev–Trinajstić information content (AvgIpc) is 2.35. The summed E-state index contributed by atoms with van der Waals surface area (Å²) in [5.41, 5.74) is 8.60. The minimum absolute atomic E-state index is 0.00778. The maximum absolute atomic E-state index is 11.4. The summed E-state index contributed by atoms with van der Waals surface area (Å²) in [5.74, 6) is -0.897. The molecule has 1 aromatic heterocycles. The minimum Gasteiger partial charge on any atom is -0.507 e. The summed E-state index contributed by atoms with van der Waals surface area (Å²) in [6, 6.07) is 8.70. The van der Waals surface area contributed by atoms with E-state index in [2.05, 4.69) is 9.97 Å². The van der Waals surface area contributed by atoms with Gasteiger partial charge in [0.1, 0.15) is 16.8 Å². The highest BCUT2D eigenvalue weighted by Crippen LogP contribution is 2.26. The number of aromatic hydroxyl groups is 1. The minimum atomic E-state index is -0.718. The standard InChI is InChI=1S/C14H11N3O2/c1-7-2-3-8-10(6-7)17-13-9(16-8)4-5-11(18)12(13)14(15)19/h2-6,18H,1H3,(H2,15,19). The molecule has 0 unspecified atom stereocenters. The largest absolute Gasteiger partial charge is 0.507 e. The van der Waals surface area contributed by atoms with E-state index in [9.17, 15) is 9.90 Å². The molecule has 0 atom stereocenters. The van der Waals surface area contributed by atoms with Gasteiger partial charge in [-0.2, -0.15) is 0 Å². The van der Waals surface area contributed by atoms with Gasteiger partial charge in [0.25, 0.3) is 5.91 Å². The van der Waals surface area contributed by atoms with Crippen molar-refractivity contribution in [2.75, 3.05) is 0 Å². The Bertz CT molecular complexity index is 828. The van der Waals surface area contributed by atoms with Gasteiger partial charge in [-0.3, -0.25) is 4.79 Å². The van der Waals surface area contributed by atoms with Crippen molar-refractivity contribution in [1.82, 2.24) is 9.97 Å². The number of nitrogens with zero attached hydrogens (tertiary/aromatic N) is 2. The summed E-state index contributed by atoms with van der Waals surface area (Å²) in [7, 11) is 0. The molecule has 0 aliphatic carbocycles. The molecule has 19 heavy (non-hydrogen) atoms. The highest BCUT2D eigenvalue weighted by Gasteiger charge is 2.15. The van der Waals surface area contributed by atoms with E-state index in [0.717, 1.165) is 11.1 Å². The number of carbonyl (C=O) groups excluding carboxylic acids is 1. The molecule has 0 aliphatic heterocycles. The Balaban J connectivity index is 2.48. The number of hydrogen-bond donors (Lipinski definition) is 2. The zero-order valence-corrected chi connectivity index (χ0v) is 10.2. The summed E-state index contributed by atoms with van der Waals surface area (Å²) in [6.45, 7) is 1.95. The van der Waals surface area contributed by atoms with E-state index in [0.29, 0.717) is 16.6 Å². The number of rotatable bonds is 1. The molecule has 0 aliphatic rings. The molecular formula is C14H11N3O2. The van der Waals surface area contributed by atoms with E-state index in [4.69, 9.17) is 5.73 Å². The third kappa shape index (κ3) is 1.76. The quantitative estimate of drug-likeness (QED) is 0.648. The number of aromatic nitrogens is 2. The molecule has 1 amide bonds. The van der Waals surface area contributed by atoms with Crippen molar-refractivity contribution < 1.29 is 9.90 Å². The van der Waals surface area contributed by atoms with E-state index in [-0.39, 0.29) is 11.3 Å². The molecular weight excluding hydrogens is 242 g/mol. The molecule has 0 fully saturated rings. The number of phenols is 1. The van der Waals surface area contributed by atoms with Crippen molar-refractivity contribution in [3.63, 3.8) is 0 Å². The van der Waals surface area contributed by atoms with E-state index in [1.807, 2.05) is 25.1 Å². The van der Waals surface area contributed by atoms with Crippen molar-refractivity contribution >= 4 is 28.0 Å². The molecule has 0 spiro atoms. The van der Waals surface area contributed by atoms with E-state index < -0.39 is 5.91 Å². The first-order valence-corrected chi connectivity index (χ1v) is 5.76. The SMILES string of the molecule is Cc1ccc2nc3ccc(O)c(C(N)=O)c3nc2c1. The van der Waals surface area contributed by atoms with Gasteiger partial charge >= 0.3 is 0 Å². The van der Waals surface area contributed by atoms with Crippen LogP contribution in [-0.2, 0) is 0 Å². The fourth-order valence-electron chi connectivity index (χ4n) is 2.08. The molecule has 0 radical (unpaired) electrons. The Morgan fingerprint density at radius 1 is 1.11 bits per heavy atom. The summed E-state index contributed by atoms with van der Waals surface area (Å²) in [4.78, 5) is 20.3. The predicted octanol–water partition coefficient (Wildman–Crippen LogP) is 1.90. The van der Waals surface area contributed by atoms with Crippen molar-refractivity contribution in [3.05, 3.63) is 41.5 Å². The van der Waals surface area contributed by atoms with Crippen LogP contribution in [0.4, 0.5) is 0 Å². The second-order valence-electron chi connectivity index (χ2n) is 4.41. The fraction of sp³-hybridized carbons (Fsp3) is 0.0714. The van der Waals surface area contributed by atoms with Gasteiger partial charge in [-0.25, -0.2) is 9.97 Å². The number of carbonyl (C=O) groups is 1. The van der Waals surface area contributed by atoms with Crippen LogP contribution in [0.25, 0.3) is 22.1 Å². The number of hydrogen-bond acceptors (Lipinski definition) is 4. The van der Waals surface area contributed by atoms with Crippen LogP contribution in [0.5, 0.6) is 5.75 Å². The van der Waals surface area contributed by atoms with Gasteiger partial charge < -0.3 is 10.8 Å². The smallest absolute Gasteiger partial charge is 0.254 e. The summed E-state index contributed by atoms with van der Waals surface area (Å²) in [6.07, 6.45) is 0. The van der Waals surface area contributed by atoms with Crippen LogP contribution < -0.4 is 5.73 Å². The summed E-state index contributed by atoms with van der Waals surface area (Å²) in [5, 5.41) is 9.74. The van der Waals surface area contributed by atoms with Crippen LogP contribution >= 0.6 is 0 Å². The highest BCUT2D eigenvalue weighted by molar-refractivity contribution is 6.07. The van der Waals surface area contributed by atoms with Crippen molar-refractivity contribution in [2.24, 2.45) is 5.73 Å². The molecule has 1 heterocycles. The van der Waals surface area contributed by atoms with E-state index >= 15 is 0 Å². The van der Waals surface area contributed by atoms with Crippen molar-refractivity contribution in [3.8, 4) is 5.75 Å². The maximum Gasteiger partial charge on any atom is 0.254 e. The number of primary amides is 1. The van der Waals surface area contributed by atoms with Crippen LogP contribution in [0.1, 0.15) is 15.9 Å². The number of fused-ring (bicyclic) bond motifs is 2. The van der Waals surface area contributed by atoms with Crippen LogP contribution in [0.2, 0.25) is 0 Å². The zero-order chi connectivity index (χ0) is 13.6. The van der Waals surface area contributed by atoms with E-state index in [1.54, 1.807) is 6.07 Å². The molecule has 3 N–H and O–H groups in total. The van der Waals surface area contributed by atoms with E-state index in [1.165, 1.54) is 6.07 Å². The second-order valence-corrected chi connectivity index (χ2v) is 4.41. The molecule has 0 bridgehead atoms. The van der Waals surface area contributed by atoms with Gasteiger partial charge in [0.2, 0.25) is 0 Å². The molecule has 0 saturated heterocycles. The fourth-order valence-corrected chi connectivity index (χ4v) is 2.08. The van der Waals surface area contributed by atoms with Crippen LogP contribution in [0, 0.1) is 6.92 Å².